The molecule has 2 aliphatic rings. The summed E-state index contributed by atoms with van der Waals surface area (Å²) in [5.41, 5.74) is 1.48. The van der Waals surface area contributed by atoms with Gasteiger partial charge in [0, 0.05) is 24.9 Å². The molecular formula is C20H26N2O3. The second-order valence-electron chi connectivity index (χ2n) is 7.12. The number of nitrogens with one attached hydrogen (secondary N) is 1. The molecule has 1 aromatic rings. The summed E-state index contributed by atoms with van der Waals surface area (Å²) < 4.78 is 0. The Labute approximate surface area is 148 Å². The van der Waals surface area contributed by atoms with E-state index in [4.69, 9.17) is 0 Å². The Morgan fingerprint density at radius 3 is 2.32 bits per heavy atom. The largest absolute Gasteiger partial charge is 0.352 e. The summed E-state index contributed by atoms with van der Waals surface area (Å²) in [5.74, 6) is 0.557. The minimum atomic E-state index is -0.117. The van der Waals surface area contributed by atoms with Crippen LogP contribution in [0.25, 0.3) is 0 Å². The molecule has 1 N–H and O–H groups in total. The number of rotatable bonds is 7. The Morgan fingerprint density at radius 1 is 1.04 bits per heavy atom. The van der Waals surface area contributed by atoms with Gasteiger partial charge in [-0.3, -0.25) is 19.3 Å². The van der Waals surface area contributed by atoms with E-state index in [1.165, 1.54) is 37.0 Å². The molecule has 2 fully saturated rings. The lowest BCUT2D eigenvalue weighted by atomic mass is 10.0. The molecule has 0 bridgehead atoms. The second kappa shape index (κ2) is 8.28. The summed E-state index contributed by atoms with van der Waals surface area (Å²) in [6.45, 7) is 1.01. The van der Waals surface area contributed by atoms with E-state index in [1.54, 1.807) is 12.1 Å². The molecule has 1 aliphatic heterocycles. The number of hydrogen-bond acceptors (Lipinski definition) is 3. The van der Waals surface area contributed by atoms with Crippen LogP contribution in [0.4, 0.5) is 0 Å². The maximum Gasteiger partial charge on any atom is 0.251 e. The zero-order valence-corrected chi connectivity index (χ0v) is 14.6. The van der Waals surface area contributed by atoms with Crippen molar-refractivity contribution in [3.05, 3.63) is 35.4 Å². The average molecular weight is 342 g/mol. The van der Waals surface area contributed by atoms with E-state index in [0.717, 1.165) is 17.9 Å². The highest BCUT2D eigenvalue weighted by Gasteiger charge is 2.28. The number of hydrogen-bond donors (Lipinski definition) is 1. The number of benzene rings is 1. The molecule has 3 rings (SSSR count). The van der Waals surface area contributed by atoms with E-state index in [-0.39, 0.29) is 17.7 Å². The SMILES string of the molecule is O=C(NCCCC1CCCC1)c1ccc(CN2C(=O)CCC2=O)cc1. The lowest BCUT2D eigenvalue weighted by Crippen LogP contribution is -2.28. The van der Waals surface area contributed by atoms with E-state index in [2.05, 4.69) is 5.32 Å². The minimum absolute atomic E-state index is 0.0636. The summed E-state index contributed by atoms with van der Waals surface area (Å²) >= 11 is 0. The van der Waals surface area contributed by atoms with E-state index in [9.17, 15) is 14.4 Å². The maximum absolute atomic E-state index is 12.2. The number of nitrogens with zero attached hydrogens (tertiary/aromatic N) is 1. The number of likely N-dealkylation sites (tertiary alicyclic amines) is 1. The molecule has 0 spiro atoms. The molecule has 0 atom stereocenters. The van der Waals surface area contributed by atoms with Gasteiger partial charge in [-0.2, -0.15) is 0 Å². The molecule has 0 unspecified atom stereocenters. The van der Waals surface area contributed by atoms with Crippen molar-refractivity contribution in [3.8, 4) is 0 Å². The van der Waals surface area contributed by atoms with Crippen molar-refractivity contribution in [2.45, 2.75) is 57.9 Å². The average Bonchev–Trinajstić information content (AvgIpc) is 3.24. The van der Waals surface area contributed by atoms with Gasteiger partial charge in [-0.05, 0) is 36.5 Å². The van der Waals surface area contributed by atoms with Crippen LogP contribution in [-0.2, 0) is 16.1 Å². The van der Waals surface area contributed by atoms with Crippen LogP contribution in [0.1, 0.15) is 67.3 Å². The van der Waals surface area contributed by atoms with Crippen molar-refractivity contribution in [2.75, 3.05) is 6.54 Å². The van der Waals surface area contributed by atoms with Crippen LogP contribution in [0.5, 0.6) is 0 Å². The lowest BCUT2D eigenvalue weighted by molar-refractivity contribution is -0.139. The third kappa shape index (κ3) is 4.68. The van der Waals surface area contributed by atoms with Crippen molar-refractivity contribution in [3.63, 3.8) is 0 Å². The van der Waals surface area contributed by atoms with Gasteiger partial charge in [0.25, 0.3) is 5.91 Å². The van der Waals surface area contributed by atoms with Crippen molar-refractivity contribution in [2.24, 2.45) is 5.92 Å². The molecule has 0 radical (unpaired) electrons. The fourth-order valence-electron chi connectivity index (χ4n) is 3.74. The highest BCUT2D eigenvalue weighted by Crippen LogP contribution is 2.28. The molecule has 134 valence electrons. The molecule has 1 saturated heterocycles. The first-order chi connectivity index (χ1) is 12.1. The molecule has 5 heteroatoms. The summed E-state index contributed by atoms with van der Waals surface area (Å²) in [7, 11) is 0. The Morgan fingerprint density at radius 2 is 1.68 bits per heavy atom. The number of amides is 3. The molecule has 5 nitrogen and oxygen atoms in total. The van der Waals surface area contributed by atoms with Gasteiger partial charge in [0.1, 0.15) is 0 Å². The number of imide groups is 1. The predicted molar refractivity (Wildman–Crippen MR) is 94.8 cm³/mol. The predicted octanol–water partition coefficient (Wildman–Crippen LogP) is 3.04. The Hall–Kier alpha value is -2.17. The van der Waals surface area contributed by atoms with E-state index in [0.29, 0.717) is 31.5 Å². The van der Waals surface area contributed by atoms with Crippen LogP contribution in [0.15, 0.2) is 24.3 Å². The van der Waals surface area contributed by atoms with Crippen molar-refractivity contribution < 1.29 is 14.4 Å². The Bertz CT molecular complexity index is 617. The van der Waals surface area contributed by atoms with Gasteiger partial charge in [-0.1, -0.05) is 37.8 Å². The first-order valence-corrected chi connectivity index (χ1v) is 9.34. The van der Waals surface area contributed by atoms with Crippen LogP contribution < -0.4 is 5.32 Å². The Balaban J connectivity index is 1.43. The summed E-state index contributed by atoms with van der Waals surface area (Å²) in [6, 6.07) is 7.14. The summed E-state index contributed by atoms with van der Waals surface area (Å²) in [6.07, 6.45) is 8.26. The van der Waals surface area contributed by atoms with Crippen LogP contribution in [0.2, 0.25) is 0 Å². The van der Waals surface area contributed by atoms with Crippen LogP contribution in [-0.4, -0.2) is 29.2 Å². The zero-order chi connectivity index (χ0) is 17.6. The van der Waals surface area contributed by atoms with Crippen molar-refractivity contribution in [1.29, 1.82) is 0 Å². The summed E-state index contributed by atoms with van der Waals surface area (Å²) in [4.78, 5) is 36.8. The fourth-order valence-corrected chi connectivity index (χ4v) is 3.74. The monoisotopic (exact) mass is 342 g/mol. The summed E-state index contributed by atoms with van der Waals surface area (Å²) in [5, 5.41) is 2.97. The Kier molecular flexibility index (Phi) is 5.84. The number of carbonyl (C=O) groups excluding carboxylic acids is 3. The van der Waals surface area contributed by atoms with E-state index in [1.807, 2.05) is 12.1 Å². The third-order valence-electron chi connectivity index (χ3n) is 5.26. The fraction of sp³-hybridized carbons (Fsp3) is 0.550. The molecule has 25 heavy (non-hydrogen) atoms. The van der Waals surface area contributed by atoms with Gasteiger partial charge in [0.2, 0.25) is 11.8 Å². The smallest absolute Gasteiger partial charge is 0.251 e. The lowest BCUT2D eigenvalue weighted by Gasteiger charge is -2.14. The highest BCUT2D eigenvalue weighted by atomic mass is 16.2. The molecule has 0 aromatic heterocycles. The van der Waals surface area contributed by atoms with Gasteiger partial charge in [0.05, 0.1) is 6.54 Å². The van der Waals surface area contributed by atoms with E-state index < -0.39 is 0 Å². The van der Waals surface area contributed by atoms with Crippen LogP contribution in [0.3, 0.4) is 0 Å². The van der Waals surface area contributed by atoms with Crippen molar-refractivity contribution >= 4 is 17.7 Å². The highest BCUT2D eigenvalue weighted by molar-refractivity contribution is 6.01. The van der Waals surface area contributed by atoms with E-state index >= 15 is 0 Å². The third-order valence-corrected chi connectivity index (χ3v) is 5.26. The normalized spacial score (nSPS) is 18.2. The van der Waals surface area contributed by atoms with Crippen LogP contribution >= 0.6 is 0 Å². The molecule has 1 aromatic carbocycles. The van der Waals surface area contributed by atoms with Gasteiger partial charge < -0.3 is 5.32 Å². The molecule has 3 amide bonds. The molecule has 1 aliphatic carbocycles. The first-order valence-electron chi connectivity index (χ1n) is 9.34. The second-order valence-corrected chi connectivity index (χ2v) is 7.12. The van der Waals surface area contributed by atoms with Gasteiger partial charge in [0.15, 0.2) is 0 Å². The standard InChI is InChI=1S/C20H26N2O3/c23-18-11-12-19(24)22(18)14-16-7-9-17(10-8-16)20(25)21-13-3-6-15-4-1-2-5-15/h7-10,15H,1-6,11-14H2,(H,21,25). The topological polar surface area (TPSA) is 66.5 Å². The quantitative estimate of drug-likeness (QED) is 0.612. The van der Waals surface area contributed by atoms with Gasteiger partial charge >= 0.3 is 0 Å². The minimum Gasteiger partial charge on any atom is -0.352 e. The molecule has 1 saturated carbocycles. The zero-order valence-electron chi connectivity index (χ0n) is 14.6. The molecular weight excluding hydrogens is 316 g/mol. The van der Waals surface area contributed by atoms with Crippen molar-refractivity contribution in [1.82, 2.24) is 10.2 Å². The van der Waals surface area contributed by atoms with Crippen LogP contribution in [0, 0.1) is 5.92 Å². The number of carbonyl (C=O) groups is 3. The van der Waals surface area contributed by atoms with Gasteiger partial charge in [-0.25, -0.2) is 0 Å². The maximum atomic E-state index is 12.2. The first kappa shape index (κ1) is 17.6. The van der Waals surface area contributed by atoms with Gasteiger partial charge in [-0.15, -0.1) is 0 Å². The molecule has 1 heterocycles.